The molecule has 0 saturated heterocycles. The molecule has 1 aromatic rings. The number of fused-ring (bicyclic) bond motifs is 5. The van der Waals surface area contributed by atoms with E-state index in [-0.39, 0.29) is 19.8 Å². The third-order valence-corrected chi connectivity index (χ3v) is 15.0. The quantitative estimate of drug-likeness (QED) is 0.295. The van der Waals surface area contributed by atoms with Crippen molar-refractivity contribution in [2.75, 3.05) is 7.11 Å². The van der Waals surface area contributed by atoms with Gasteiger partial charge in [-0.15, -0.1) is 0 Å². The first-order chi connectivity index (χ1) is 17.7. The monoisotopic (exact) mass is 572 g/mol. The van der Waals surface area contributed by atoms with Gasteiger partial charge in [-0.05, 0) is 5.92 Å². The normalized spacial score (nSPS) is 40.1. The molecule has 4 saturated carbocycles. The van der Waals surface area contributed by atoms with E-state index < -0.39 is 0 Å². The molecule has 0 amide bonds. The summed E-state index contributed by atoms with van der Waals surface area (Å²) in [6.07, 6.45) is 14.6. The Bertz CT molecular complexity index is 940. The zero-order chi connectivity index (χ0) is 26.4. The maximum atomic E-state index is 13.3. The molecule has 0 bridgehead atoms. The van der Waals surface area contributed by atoms with E-state index >= 15 is 0 Å². The van der Waals surface area contributed by atoms with Crippen LogP contribution < -0.4 is 9.20 Å². The van der Waals surface area contributed by atoms with E-state index in [1.165, 1.54) is 62.2 Å². The van der Waals surface area contributed by atoms with Crippen LogP contribution in [0.4, 0.5) is 0 Å². The van der Waals surface area contributed by atoms with Crippen LogP contribution in [-0.2, 0) is 4.79 Å². The molecule has 206 valence electrons. The van der Waals surface area contributed by atoms with Gasteiger partial charge in [-0.1, -0.05) is 13.8 Å². The van der Waals surface area contributed by atoms with E-state index in [1.54, 1.807) is 7.11 Å². The van der Waals surface area contributed by atoms with Gasteiger partial charge in [0.15, 0.2) is 0 Å². The first kappa shape index (κ1) is 27.8. The van der Waals surface area contributed by atoms with Crippen LogP contribution in [-0.4, -0.2) is 27.8 Å². The molecule has 0 aromatic heterocycles. The molecule has 4 aliphatic carbocycles. The Morgan fingerprint density at radius 3 is 2.30 bits per heavy atom. The number of methoxy groups -OCH3 is 1. The summed E-state index contributed by atoms with van der Waals surface area (Å²) in [5.41, 5.74) is 0.913. The van der Waals surface area contributed by atoms with Crippen molar-refractivity contribution < 1.29 is 9.53 Å². The second-order valence-corrected chi connectivity index (χ2v) is 16.8. The van der Waals surface area contributed by atoms with Crippen LogP contribution in [0.3, 0.4) is 0 Å². The van der Waals surface area contributed by atoms with E-state index in [2.05, 4.69) is 58.9 Å². The summed E-state index contributed by atoms with van der Waals surface area (Å²) in [5, 5.41) is 0. The number of carbonyl (C=O) groups is 1. The van der Waals surface area contributed by atoms with Crippen LogP contribution in [0, 0.1) is 52.3 Å². The molecule has 0 heterocycles. The summed E-state index contributed by atoms with van der Waals surface area (Å²) in [6.45, 7) is 12.7. The van der Waals surface area contributed by atoms with Crippen LogP contribution in [0.25, 0.3) is 0 Å². The van der Waals surface area contributed by atoms with Crippen molar-refractivity contribution in [1.82, 2.24) is 0 Å². The molecule has 4 fully saturated rings. The predicted molar refractivity (Wildman–Crippen MR) is 156 cm³/mol. The van der Waals surface area contributed by atoms with E-state index in [1.807, 2.05) is 0 Å². The van der Waals surface area contributed by atoms with Gasteiger partial charge in [0.25, 0.3) is 0 Å². The number of carbonyl (C=O) groups excluding carboxylic acids is 1. The molecule has 37 heavy (non-hydrogen) atoms. The number of hydrogen-bond acceptors (Lipinski definition) is 2. The first-order valence-corrected chi connectivity index (χ1v) is 17.4. The molecule has 0 unspecified atom stereocenters. The molecule has 9 atom stereocenters. The molecule has 0 spiro atoms. The average molecular weight is 572 g/mol. The van der Waals surface area contributed by atoms with Gasteiger partial charge in [0.1, 0.15) is 0 Å². The van der Waals surface area contributed by atoms with E-state index in [0.717, 1.165) is 54.1 Å². The Morgan fingerprint density at radius 2 is 1.59 bits per heavy atom. The molecule has 0 radical (unpaired) electrons. The van der Waals surface area contributed by atoms with Crippen molar-refractivity contribution in [2.24, 2.45) is 52.3 Å². The molecular formula is C34H52O2Se. The fraction of sp³-hybridized carbons (Fsp3) is 0.794. The van der Waals surface area contributed by atoms with Crippen LogP contribution >= 0.6 is 0 Å². The van der Waals surface area contributed by atoms with Crippen LogP contribution in [0.5, 0.6) is 5.75 Å². The number of rotatable bonds is 8. The topological polar surface area (TPSA) is 26.3 Å². The number of ketones is 1. The fourth-order valence-electron chi connectivity index (χ4n) is 10.1. The number of hydrogen-bond donors (Lipinski definition) is 0. The molecule has 0 aliphatic heterocycles. The summed E-state index contributed by atoms with van der Waals surface area (Å²) >= 11 is 0.218. The Hall–Kier alpha value is -0.791. The molecule has 4 aliphatic rings. The summed E-state index contributed by atoms with van der Waals surface area (Å²) in [4.78, 5) is 13.6. The summed E-state index contributed by atoms with van der Waals surface area (Å²) in [7, 11) is 1.73. The van der Waals surface area contributed by atoms with E-state index in [9.17, 15) is 4.79 Å². The van der Waals surface area contributed by atoms with Gasteiger partial charge in [-0.25, -0.2) is 0 Å². The molecular weight excluding hydrogens is 519 g/mol. The molecule has 5 rings (SSSR count). The Balaban J connectivity index is 1.31. The van der Waals surface area contributed by atoms with E-state index in [0.29, 0.717) is 22.5 Å². The number of benzene rings is 1. The van der Waals surface area contributed by atoms with Crippen molar-refractivity contribution in [3.05, 3.63) is 24.3 Å². The summed E-state index contributed by atoms with van der Waals surface area (Å²) in [6, 6.07) is 8.55. The van der Waals surface area contributed by atoms with Crippen molar-refractivity contribution >= 4 is 25.2 Å². The maximum absolute atomic E-state index is 13.3. The third kappa shape index (κ3) is 5.11. The van der Waals surface area contributed by atoms with Crippen LogP contribution in [0.15, 0.2) is 24.3 Å². The van der Waals surface area contributed by atoms with Crippen LogP contribution in [0.2, 0.25) is 4.82 Å². The third-order valence-electron chi connectivity index (χ3n) is 12.1. The molecule has 1 aromatic carbocycles. The second-order valence-electron chi connectivity index (χ2n) is 14.3. The summed E-state index contributed by atoms with van der Waals surface area (Å²) < 4.78 is 6.74. The SMILES string of the molecule is COc1ccc([Se][C@H]2C(=O)CC[C@]3(C)[C@H]4CC[C@]5(C)[C@@H]([C@H](C)CCCC(C)C)CC[C@H]5[C@@H]4CC[C@@H]23)cc1. The second kappa shape index (κ2) is 11.0. The molecule has 0 N–H and O–H groups in total. The van der Waals surface area contributed by atoms with Crippen molar-refractivity contribution in [1.29, 1.82) is 0 Å². The van der Waals surface area contributed by atoms with Crippen molar-refractivity contribution in [3.63, 3.8) is 0 Å². The zero-order valence-corrected chi connectivity index (χ0v) is 26.1. The predicted octanol–water partition coefficient (Wildman–Crippen LogP) is 8.11. The Kier molecular flexibility index (Phi) is 8.25. The molecule has 3 heteroatoms. The Morgan fingerprint density at radius 1 is 0.892 bits per heavy atom. The minimum absolute atomic E-state index is 0.218. The van der Waals surface area contributed by atoms with Gasteiger partial charge in [0.05, 0.1) is 0 Å². The van der Waals surface area contributed by atoms with Crippen molar-refractivity contribution in [3.8, 4) is 5.75 Å². The van der Waals surface area contributed by atoms with Gasteiger partial charge < -0.3 is 0 Å². The van der Waals surface area contributed by atoms with Crippen LogP contribution in [0.1, 0.15) is 105 Å². The standard InChI is InChI=1S/C34H52O2Se/c1-22(2)8-7-9-23(3)27-16-17-28-26-14-15-30-32(37-25-12-10-24(36-6)11-13-25)31(35)19-21-34(30,5)29(26)18-20-33(27,28)4/h10-13,22-23,26-30,32H,7-9,14-21H2,1-6H3/t23-,26+,27-,28+,29+,30+,32-,33-,34-/m1/s1. The van der Waals surface area contributed by atoms with Gasteiger partial charge >= 0.3 is 214 Å². The van der Waals surface area contributed by atoms with Gasteiger partial charge in [-0.3, -0.25) is 0 Å². The van der Waals surface area contributed by atoms with E-state index in [4.69, 9.17) is 4.74 Å². The summed E-state index contributed by atoms with van der Waals surface area (Å²) in [5.74, 6) is 7.36. The van der Waals surface area contributed by atoms with Gasteiger partial charge in [0, 0.05) is 0 Å². The average Bonchev–Trinajstić information content (AvgIpc) is 3.23. The number of Topliss-reactive ketones (excluding diaryl/α,β-unsaturated/α-hetero) is 1. The first-order valence-electron chi connectivity index (χ1n) is 15.5. The molecule has 2 nitrogen and oxygen atoms in total. The fourth-order valence-corrected chi connectivity index (χ4v) is 13.1. The number of ether oxygens (including phenoxy) is 1. The van der Waals surface area contributed by atoms with Crippen molar-refractivity contribution in [2.45, 2.75) is 110 Å². The zero-order valence-electron chi connectivity index (χ0n) is 24.4. The van der Waals surface area contributed by atoms with Gasteiger partial charge in [0.2, 0.25) is 0 Å². The van der Waals surface area contributed by atoms with Gasteiger partial charge in [-0.2, -0.15) is 0 Å². The Labute approximate surface area is 233 Å². The minimum atomic E-state index is 0.218.